The molecule has 2 saturated heterocycles. The lowest BCUT2D eigenvalue weighted by Gasteiger charge is -2.50. The number of hydrazine groups is 1. The van der Waals surface area contributed by atoms with Crippen LogP contribution in [0.2, 0.25) is 0 Å². The predicted octanol–water partition coefficient (Wildman–Crippen LogP) is 6.20. The highest BCUT2D eigenvalue weighted by Crippen LogP contribution is 2.65. The van der Waals surface area contributed by atoms with E-state index in [0.717, 1.165) is 15.5 Å². The number of nitro groups is 1. The van der Waals surface area contributed by atoms with E-state index in [4.69, 9.17) is 4.74 Å². The number of amides is 4. The molecule has 0 radical (unpaired) electrons. The maximum Gasteiger partial charge on any atom is 0.269 e. The van der Waals surface area contributed by atoms with Gasteiger partial charge in [0.05, 0.1) is 46.1 Å². The smallest absolute Gasteiger partial charge is 0.269 e. The summed E-state index contributed by atoms with van der Waals surface area (Å²) < 4.78 is 5.81. The summed E-state index contributed by atoms with van der Waals surface area (Å²) >= 11 is 0. The first-order valence-corrected chi connectivity index (χ1v) is 17.6. The molecule has 4 aromatic carbocycles. The summed E-state index contributed by atoms with van der Waals surface area (Å²) in [5.74, 6) is -6.11. The number of aromatic hydroxyl groups is 1. The van der Waals surface area contributed by atoms with Crippen LogP contribution in [0.25, 0.3) is 0 Å². The van der Waals surface area contributed by atoms with Gasteiger partial charge in [0.2, 0.25) is 11.8 Å². The second kappa shape index (κ2) is 12.7. The number of anilines is 2. The normalized spacial score (nSPS) is 26.2. The molecule has 12 heteroatoms. The Morgan fingerprint density at radius 3 is 2.28 bits per heavy atom. The van der Waals surface area contributed by atoms with Gasteiger partial charge < -0.3 is 9.84 Å². The molecule has 8 rings (SSSR count). The van der Waals surface area contributed by atoms with E-state index in [1.165, 1.54) is 24.3 Å². The van der Waals surface area contributed by atoms with E-state index >= 15 is 4.79 Å². The number of imide groups is 2. The topological polar surface area (TPSA) is 159 Å². The van der Waals surface area contributed by atoms with Crippen LogP contribution in [0.5, 0.6) is 11.5 Å². The van der Waals surface area contributed by atoms with E-state index in [0.29, 0.717) is 22.4 Å². The fraction of sp³-hybridized carbons (Fsp3) is 0.268. The van der Waals surface area contributed by atoms with Gasteiger partial charge in [-0.2, -0.15) is 5.01 Å². The predicted molar refractivity (Wildman–Crippen MR) is 194 cm³/mol. The zero-order valence-corrected chi connectivity index (χ0v) is 29.0. The zero-order chi connectivity index (χ0) is 37.2. The number of hydrogen-bond acceptors (Lipinski definition) is 9. The number of benzene rings is 4. The highest BCUT2D eigenvalue weighted by Gasteiger charge is 2.70. The number of carbonyl (C=O) groups excluding carboxylic acids is 4. The number of allylic oxidation sites excluding steroid dienone is 2. The molecule has 268 valence electrons. The van der Waals surface area contributed by atoms with Gasteiger partial charge in [0.25, 0.3) is 17.5 Å². The maximum atomic E-state index is 15.3. The summed E-state index contributed by atoms with van der Waals surface area (Å²) in [5, 5.41) is 24.3. The van der Waals surface area contributed by atoms with Gasteiger partial charge in [-0.25, -0.2) is 0 Å². The van der Waals surface area contributed by atoms with Crippen molar-refractivity contribution in [2.45, 2.75) is 38.0 Å². The lowest BCUT2D eigenvalue weighted by atomic mass is 9.49. The SMILES string of the molecule is CCOc1cccc(C2C3=CCC4C(=O)N(c5ccc([N+](=O)[O-])cc5)C(=O)C4C3CC3C(=O)N(Nc4ccc(C)cc4)C(=O)C32c2ccccc2)c1O. The van der Waals surface area contributed by atoms with E-state index in [1.54, 1.807) is 49.4 Å². The highest BCUT2D eigenvalue weighted by molar-refractivity contribution is 6.22. The van der Waals surface area contributed by atoms with Gasteiger partial charge >= 0.3 is 0 Å². The fourth-order valence-electron chi connectivity index (χ4n) is 9.11. The summed E-state index contributed by atoms with van der Waals surface area (Å²) in [6, 6.07) is 26.7. The molecule has 2 heterocycles. The number of nitro benzene ring substituents is 1. The first-order valence-electron chi connectivity index (χ1n) is 17.6. The Kier molecular flexibility index (Phi) is 8.12. The van der Waals surface area contributed by atoms with Crippen LogP contribution in [0.1, 0.15) is 42.4 Å². The van der Waals surface area contributed by atoms with Crippen LogP contribution in [0.3, 0.4) is 0 Å². The number of phenols is 1. The van der Waals surface area contributed by atoms with Gasteiger partial charge in [0, 0.05) is 23.6 Å². The van der Waals surface area contributed by atoms with Crippen molar-refractivity contribution in [1.82, 2.24) is 5.01 Å². The van der Waals surface area contributed by atoms with E-state index in [2.05, 4.69) is 5.43 Å². The summed E-state index contributed by atoms with van der Waals surface area (Å²) in [4.78, 5) is 70.5. The van der Waals surface area contributed by atoms with E-state index in [-0.39, 0.29) is 42.3 Å². The summed E-state index contributed by atoms with van der Waals surface area (Å²) in [7, 11) is 0. The van der Waals surface area contributed by atoms with E-state index in [9.17, 15) is 29.6 Å². The highest BCUT2D eigenvalue weighted by atomic mass is 16.6. The number of non-ortho nitro benzene ring substituents is 1. The number of rotatable bonds is 8. The number of ether oxygens (including phenoxy) is 1. The number of carbonyl (C=O) groups is 4. The lowest BCUT2D eigenvalue weighted by molar-refractivity contribution is -0.384. The second-order valence-corrected chi connectivity index (χ2v) is 14.0. The third-order valence-corrected chi connectivity index (χ3v) is 11.4. The third kappa shape index (κ3) is 5.03. The zero-order valence-electron chi connectivity index (χ0n) is 29.0. The van der Waals surface area contributed by atoms with Crippen molar-refractivity contribution in [2.75, 3.05) is 16.9 Å². The minimum absolute atomic E-state index is 0.0775. The molecule has 1 saturated carbocycles. The van der Waals surface area contributed by atoms with Gasteiger partial charge in [-0.05, 0) is 68.5 Å². The molecule has 4 amide bonds. The number of fused-ring (bicyclic) bond motifs is 4. The molecule has 2 N–H and O–H groups in total. The number of aryl methyl sites for hydroxylation is 1. The quantitative estimate of drug-likeness (QED) is 0.0939. The molecule has 0 bridgehead atoms. The van der Waals surface area contributed by atoms with Crippen LogP contribution in [0.4, 0.5) is 17.1 Å². The van der Waals surface area contributed by atoms with Crippen LogP contribution in [-0.4, -0.2) is 45.3 Å². The number of nitrogens with zero attached hydrogens (tertiary/aromatic N) is 3. The van der Waals surface area contributed by atoms with Crippen molar-refractivity contribution >= 4 is 40.7 Å². The molecule has 4 aliphatic rings. The standard InChI is InChI=1S/C41H36N4O8/c1-3-53-33-11-7-10-30(36(33)46)35-28-20-21-29-34(39(49)43(37(29)47)26-16-18-27(19-17-26)45(51)52)31(28)22-32-38(48)44(42-25-14-12-23(2)13-15-25)40(50)41(32,35)24-8-5-4-6-9-24/h4-20,29,31-32,34-35,42,46H,3,21-22H2,1-2H3. The van der Waals surface area contributed by atoms with Gasteiger partial charge in [-0.15, -0.1) is 0 Å². The van der Waals surface area contributed by atoms with Gasteiger partial charge in [-0.1, -0.05) is 71.8 Å². The molecular formula is C41H36N4O8. The minimum atomic E-state index is -1.56. The Balaban J connectivity index is 1.31. The maximum absolute atomic E-state index is 15.3. The Morgan fingerprint density at radius 2 is 1.60 bits per heavy atom. The molecule has 0 aromatic heterocycles. The average Bonchev–Trinajstić information content (AvgIpc) is 3.54. The Bertz CT molecular complexity index is 2200. The molecule has 3 fully saturated rings. The van der Waals surface area contributed by atoms with Crippen LogP contribution < -0.4 is 15.1 Å². The molecule has 0 spiro atoms. The summed E-state index contributed by atoms with van der Waals surface area (Å²) in [5.41, 5.74) is 4.70. The number of phenolic OH excluding ortho intramolecular Hbond substituents is 1. The van der Waals surface area contributed by atoms with Crippen molar-refractivity contribution in [1.29, 1.82) is 0 Å². The molecule has 12 nitrogen and oxygen atoms in total. The number of hydrogen-bond donors (Lipinski definition) is 2. The molecule has 6 atom stereocenters. The number of para-hydroxylation sites is 1. The van der Waals surface area contributed by atoms with Gasteiger partial charge in [-0.3, -0.25) is 39.6 Å². The van der Waals surface area contributed by atoms with Crippen molar-refractivity contribution < 1.29 is 33.9 Å². The van der Waals surface area contributed by atoms with Crippen LogP contribution in [-0.2, 0) is 24.6 Å². The molecule has 6 unspecified atom stereocenters. The first kappa shape index (κ1) is 33.8. The minimum Gasteiger partial charge on any atom is -0.504 e. The van der Waals surface area contributed by atoms with Crippen LogP contribution in [0.15, 0.2) is 109 Å². The Morgan fingerprint density at radius 1 is 0.887 bits per heavy atom. The van der Waals surface area contributed by atoms with E-state index in [1.807, 2.05) is 43.3 Å². The van der Waals surface area contributed by atoms with Crippen molar-refractivity contribution in [3.63, 3.8) is 0 Å². The van der Waals surface area contributed by atoms with Crippen LogP contribution >= 0.6 is 0 Å². The van der Waals surface area contributed by atoms with E-state index < -0.39 is 63.6 Å². The third-order valence-electron chi connectivity index (χ3n) is 11.4. The molecular weight excluding hydrogens is 676 g/mol. The monoisotopic (exact) mass is 712 g/mol. The fourth-order valence-corrected chi connectivity index (χ4v) is 9.11. The van der Waals surface area contributed by atoms with Crippen molar-refractivity contribution in [2.24, 2.45) is 23.7 Å². The van der Waals surface area contributed by atoms with Crippen LogP contribution in [0, 0.1) is 40.7 Å². The summed E-state index contributed by atoms with van der Waals surface area (Å²) in [6.45, 7) is 3.99. The Hall–Kier alpha value is -6.30. The molecule has 2 aliphatic carbocycles. The first-order chi connectivity index (χ1) is 25.6. The molecule has 4 aromatic rings. The lowest BCUT2D eigenvalue weighted by Crippen LogP contribution is -2.53. The average molecular weight is 713 g/mol. The van der Waals surface area contributed by atoms with Gasteiger partial charge in [0.1, 0.15) is 0 Å². The molecule has 53 heavy (non-hydrogen) atoms. The number of nitrogens with one attached hydrogen (secondary N) is 1. The van der Waals surface area contributed by atoms with Crippen molar-refractivity contribution in [3.05, 3.63) is 136 Å². The second-order valence-electron chi connectivity index (χ2n) is 14.0. The Labute approximate surface area is 304 Å². The molecule has 2 aliphatic heterocycles. The van der Waals surface area contributed by atoms with Gasteiger partial charge in [0.15, 0.2) is 11.5 Å². The largest absolute Gasteiger partial charge is 0.504 e. The van der Waals surface area contributed by atoms with Crippen molar-refractivity contribution in [3.8, 4) is 11.5 Å². The summed E-state index contributed by atoms with van der Waals surface area (Å²) in [6.07, 6.45) is 2.16.